The highest BCUT2D eigenvalue weighted by molar-refractivity contribution is 7.85. The van der Waals surface area contributed by atoms with Gasteiger partial charge in [0.05, 0.1) is 17.7 Å². The Bertz CT molecular complexity index is 1220. The van der Waals surface area contributed by atoms with Crippen molar-refractivity contribution < 1.29 is 27.2 Å². The van der Waals surface area contributed by atoms with E-state index in [1.165, 1.54) is 12.1 Å². The standard InChI is InChI=1S/C15H21N3O4.C7H8O3S/c1-9(2)8-16-13(19)14-17-18(15(20)22-14)12-6-5-11(21-4)7-10(12)3;1-6-2-4-7(5-3-6)11(8,9)10/h5-7,9,13,16,19H,8H2,1-4H3;2-5H,1H3,(H,8,9,10). The Balaban J connectivity index is 0.000000294. The molecule has 0 spiro atoms. The van der Waals surface area contributed by atoms with E-state index in [4.69, 9.17) is 13.7 Å². The molecule has 33 heavy (non-hydrogen) atoms. The maximum atomic E-state index is 12.0. The summed E-state index contributed by atoms with van der Waals surface area (Å²) < 4.78 is 40.8. The summed E-state index contributed by atoms with van der Waals surface area (Å²) in [6.45, 7) is 8.28. The average Bonchev–Trinajstić information content (AvgIpc) is 3.13. The number of ether oxygens (including phenoxy) is 1. The normalized spacial score (nSPS) is 12.2. The SMILES string of the molecule is COc1ccc(-n2nc(C(O)NCC(C)C)oc2=O)c(C)c1.Cc1ccc(S(=O)(=O)O)cc1. The molecule has 0 aliphatic carbocycles. The Hall–Kier alpha value is -2.99. The summed E-state index contributed by atoms with van der Waals surface area (Å²) in [5, 5.41) is 16.9. The van der Waals surface area contributed by atoms with Crippen LogP contribution >= 0.6 is 0 Å². The van der Waals surface area contributed by atoms with Crippen molar-refractivity contribution >= 4 is 10.1 Å². The van der Waals surface area contributed by atoms with E-state index in [2.05, 4.69) is 10.4 Å². The summed E-state index contributed by atoms with van der Waals surface area (Å²) in [5.74, 6) is 0.346. The molecule has 0 amide bonds. The number of aliphatic hydroxyl groups is 1. The van der Waals surface area contributed by atoms with Gasteiger partial charge in [0.25, 0.3) is 16.0 Å². The molecule has 11 heteroatoms. The lowest BCUT2D eigenvalue weighted by Crippen LogP contribution is -2.25. The predicted octanol–water partition coefficient (Wildman–Crippen LogP) is 2.62. The van der Waals surface area contributed by atoms with Gasteiger partial charge in [0.1, 0.15) is 5.75 Å². The van der Waals surface area contributed by atoms with E-state index < -0.39 is 22.1 Å². The summed E-state index contributed by atoms with van der Waals surface area (Å²) in [4.78, 5) is 11.9. The van der Waals surface area contributed by atoms with E-state index in [-0.39, 0.29) is 10.8 Å². The molecule has 3 rings (SSSR count). The van der Waals surface area contributed by atoms with Crippen LogP contribution in [0.3, 0.4) is 0 Å². The number of nitrogens with zero attached hydrogens (tertiary/aromatic N) is 2. The molecule has 3 N–H and O–H groups in total. The van der Waals surface area contributed by atoms with E-state index in [1.54, 1.807) is 37.4 Å². The zero-order valence-corrected chi connectivity index (χ0v) is 20.0. The molecule has 0 saturated carbocycles. The molecule has 180 valence electrons. The number of aryl methyl sites for hydroxylation is 2. The first-order valence-electron chi connectivity index (χ1n) is 10.1. The monoisotopic (exact) mass is 479 g/mol. The van der Waals surface area contributed by atoms with Gasteiger partial charge in [-0.3, -0.25) is 9.87 Å². The van der Waals surface area contributed by atoms with E-state index in [9.17, 15) is 18.3 Å². The van der Waals surface area contributed by atoms with E-state index in [1.807, 2.05) is 27.7 Å². The Labute approximate surface area is 192 Å². The third-order valence-corrected chi connectivity index (χ3v) is 5.34. The molecule has 10 nitrogen and oxygen atoms in total. The minimum Gasteiger partial charge on any atom is -0.497 e. The molecule has 0 aliphatic rings. The third kappa shape index (κ3) is 7.53. The number of aliphatic hydroxyl groups excluding tert-OH is 1. The fourth-order valence-electron chi connectivity index (χ4n) is 2.69. The van der Waals surface area contributed by atoms with Gasteiger partial charge in [0, 0.05) is 6.54 Å². The zero-order valence-electron chi connectivity index (χ0n) is 19.1. The molecule has 3 aromatic rings. The van der Waals surface area contributed by atoms with Crippen LogP contribution in [0, 0.1) is 19.8 Å². The molecule has 0 saturated heterocycles. The Morgan fingerprint density at radius 3 is 2.30 bits per heavy atom. The van der Waals surface area contributed by atoms with Crippen LogP contribution in [0.15, 0.2) is 56.6 Å². The molecule has 1 heterocycles. The first-order chi connectivity index (χ1) is 15.4. The smallest absolute Gasteiger partial charge is 0.442 e. The highest BCUT2D eigenvalue weighted by Gasteiger charge is 2.18. The van der Waals surface area contributed by atoms with Gasteiger partial charge < -0.3 is 14.3 Å². The molecule has 1 atom stereocenters. The zero-order chi connectivity index (χ0) is 24.8. The first kappa shape index (κ1) is 26.3. The minimum absolute atomic E-state index is 0.0548. The van der Waals surface area contributed by atoms with Crippen molar-refractivity contribution in [3.05, 3.63) is 70.0 Å². The van der Waals surface area contributed by atoms with Crippen LogP contribution in [0.2, 0.25) is 0 Å². The number of methoxy groups -OCH3 is 1. The fraction of sp³-hybridized carbons (Fsp3) is 0.364. The van der Waals surface area contributed by atoms with Crippen molar-refractivity contribution in [3.8, 4) is 11.4 Å². The maximum Gasteiger partial charge on any atom is 0.442 e. The Kier molecular flexibility index (Phi) is 8.94. The Morgan fingerprint density at radius 2 is 1.79 bits per heavy atom. The number of aromatic nitrogens is 2. The van der Waals surface area contributed by atoms with Gasteiger partial charge in [-0.25, -0.2) is 4.79 Å². The van der Waals surface area contributed by atoms with Crippen LogP contribution in [-0.2, 0) is 10.1 Å². The predicted molar refractivity (Wildman–Crippen MR) is 122 cm³/mol. The number of benzene rings is 2. The molecular formula is C22H29N3O7S. The molecule has 1 unspecified atom stereocenters. The summed E-state index contributed by atoms with van der Waals surface area (Å²) in [6.07, 6.45) is -1.12. The lowest BCUT2D eigenvalue weighted by atomic mass is 10.2. The van der Waals surface area contributed by atoms with E-state index in [0.717, 1.165) is 15.8 Å². The molecular weight excluding hydrogens is 450 g/mol. The topological polar surface area (TPSA) is 144 Å². The lowest BCUT2D eigenvalue weighted by Gasteiger charge is -2.10. The van der Waals surface area contributed by atoms with Crippen molar-refractivity contribution in [1.29, 1.82) is 0 Å². The van der Waals surface area contributed by atoms with Crippen LogP contribution in [-0.4, -0.2) is 41.5 Å². The van der Waals surface area contributed by atoms with Gasteiger partial charge in [-0.1, -0.05) is 31.5 Å². The second-order valence-electron chi connectivity index (χ2n) is 7.76. The summed E-state index contributed by atoms with van der Waals surface area (Å²) >= 11 is 0. The van der Waals surface area contributed by atoms with Crippen molar-refractivity contribution in [1.82, 2.24) is 15.1 Å². The maximum absolute atomic E-state index is 12.0. The summed E-state index contributed by atoms with van der Waals surface area (Å²) in [6, 6.07) is 11.2. The van der Waals surface area contributed by atoms with Gasteiger partial charge in [-0.05, 0) is 55.7 Å². The lowest BCUT2D eigenvalue weighted by molar-refractivity contribution is 0.103. The van der Waals surface area contributed by atoms with Crippen molar-refractivity contribution in [2.45, 2.75) is 38.8 Å². The molecule has 0 fully saturated rings. The highest BCUT2D eigenvalue weighted by Crippen LogP contribution is 2.19. The molecule has 1 aromatic heterocycles. The molecule has 0 radical (unpaired) electrons. The van der Waals surface area contributed by atoms with Gasteiger partial charge >= 0.3 is 5.76 Å². The van der Waals surface area contributed by atoms with E-state index in [0.29, 0.717) is 23.9 Å². The third-order valence-electron chi connectivity index (χ3n) is 4.47. The summed E-state index contributed by atoms with van der Waals surface area (Å²) in [7, 11) is -2.44. The van der Waals surface area contributed by atoms with Crippen molar-refractivity contribution in [2.24, 2.45) is 5.92 Å². The number of nitrogens with one attached hydrogen (secondary N) is 1. The van der Waals surface area contributed by atoms with Gasteiger partial charge in [0.2, 0.25) is 0 Å². The van der Waals surface area contributed by atoms with Gasteiger partial charge in [-0.2, -0.15) is 13.1 Å². The van der Waals surface area contributed by atoms with Crippen LogP contribution in [0.4, 0.5) is 0 Å². The number of hydrogen-bond donors (Lipinski definition) is 3. The molecule has 0 aliphatic heterocycles. The number of hydrogen-bond acceptors (Lipinski definition) is 8. The molecule has 2 aromatic carbocycles. The fourth-order valence-corrected chi connectivity index (χ4v) is 3.17. The summed E-state index contributed by atoms with van der Waals surface area (Å²) in [5.41, 5.74) is 2.35. The van der Waals surface area contributed by atoms with Crippen molar-refractivity contribution in [3.63, 3.8) is 0 Å². The second kappa shape index (κ2) is 11.2. The minimum atomic E-state index is -4.02. The molecule has 0 bridgehead atoms. The van der Waals surface area contributed by atoms with Crippen LogP contribution in [0.1, 0.15) is 37.1 Å². The van der Waals surface area contributed by atoms with Crippen LogP contribution in [0.25, 0.3) is 5.69 Å². The van der Waals surface area contributed by atoms with Gasteiger partial charge in [-0.15, -0.1) is 5.10 Å². The number of rotatable bonds is 7. The van der Waals surface area contributed by atoms with Gasteiger partial charge in [0.15, 0.2) is 6.23 Å². The highest BCUT2D eigenvalue weighted by atomic mass is 32.2. The van der Waals surface area contributed by atoms with Crippen LogP contribution < -0.4 is 15.8 Å². The average molecular weight is 480 g/mol. The quantitative estimate of drug-likeness (QED) is 0.344. The van der Waals surface area contributed by atoms with Crippen molar-refractivity contribution in [2.75, 3.05) is 13.7 Å². The largest absolute Gasteiger partial charge is 0.497 e. The first-order valence-corrected chi connectivity index (χ1v) is 11.6. The van der Waals surface area contributed by atoms with E-state index >= 15 is 0 Å². The second-order valence-corrected chi connectivity index (χ2v) is 9.18. The van der Waals surface area contributed by atoms with Crippen LogP contribution in [0.5, 0.6) is 5.75 Å². The Morgan fingerprint density at radius 1 is 1.15 bits per heavy atom.